The molecular weight excluding hydrogens is 334 g/mol. The maximum atomic E-state index is 5.28. The van der Waals surface area contributed by atoms with E-state index in [-0.39, 0.29) is 0 Å². The second-order valence-electron chi connectivity index (χ2n) is 4.97. The number of halogens is 1. The Kier molecular flexibility index (Phi) is 5.76. The molecule has 0 aliphatic carbocycles. The third-order valence-electron chi connectivity index (χ3n) is 3.34. The van der Waals surface area contributed by atoms with E-state index in [0.717, 1.165) is 35.3 Å². The lowest BCUT2D eigenvalue weighted by Crippen LogP contribution is -2.24. The number of hydrogen-bond donors (Lipinski definition) is 1. The van der Waals surface area contributed by atoms with Crippen LogP contribution >= 0.6 is 15.9 Å². The smallest absolute Gasteiger partial charge is 0.226 e. The number of ether oxygens (including phenoxy) is 1. The molecule has 0 aliphatic rings. The topological polar surface area (TPSA) is 60.2 Å². The zero-order chi connectivity index (χ0) is 15.2. The summed E-state index contributed by atoms with van der Waals surface area (Å²) >= 11 is 3.49. The molecule has 5 nitrogen and oxygen atoms in total. The predicted octanol–water partition coefficient (Wildman–Crippen LogP) is 2.78. The Balaban J connectivity index is 1.92. The molecule has 6 heteroatoms. The van der Waals surface area contributed by atoms with Gasteiger partial charge < -0.3 is 14.6 Å². The molecule has 1 atom stereocenters. The molecule has 0 amide bonds. The number of benzene rings is 1. The molecule has 114 valence electrons. The van der Waals surface area contributed by atoms with Crippen molar-refractivity contribution in [3.8, 4) is 5.75 Å². The van der Waals surface area contributed by atoms with E-state index in [1.54, 1.807) is 7.11 Å². The standard InChI is InChI=1S/C15H20BrN3O2/c1-10(17-2)8-14-18-15(21-19-14)7-5-11-4-6-13(20-3)12(16)9-11/h4,6,9-10,17H,5,7-8H2,1-3H3. The van der Waals surface area contributed by atoms with Crippen LogP contribution in [-0.4, -0.2) is 30.3 Å². The Morgan fingerprint density at radius 2 is 2.19 bits per heavy atom. The van der Waals surface area contributed by atoms with Gasteiger partial charge in [-0.3, -0.25) is 0 Å². The van der Waals surface area contributed by atoms with Gasteiger partial charge in [-0.05, 0) is 54.0 Å². The van der Waals surface area contributed by atoms with Crippen LogP contribution in [0, 0.1) is 0 Å². The maximum Gasteiger partial charge on any atom is 0.226 e. The second-order valence-corrected chi connectivity index (χ2v) is 5.82. The average Bonchev–Trinajstić information content (AvgIpc) is 2.92. The molecule has 0 saturated heterocycles. The van der Waals surface area contributed by atoms with Crippen molar-refractivity contribution < 1.29 is 9.26 Å². The molecule has 0 fully saturated rings. The minimum absolute atomic E-state index is 0.341. The first-order chi connectivity index (χ1) is 10.1. The largest absolute Gasteiger partial charge is 0.496 e. The van der Waals surface area contributed by atoms with E-state index in [4.69, 9.17) is 9.26 Å². The molecule has 1 aromatic carbocycles. The van der Waals surface area contributed by atoms with Gasteiger partial charge in [0, 0.05) is 18.9 Å². The van der Waals surface area contributed by atoms with E-state index in [2.05, 4.69) is 44.4 Å². The van der Waals surface area contributed by atoms with Gasteiger partial charge in [-0.2, -0.15) is 4.98 Å². The molecule has 0 bridgehead atoms. The average molecular weight is 354 g/mol. The molecule has 1 heterocycles. The number of rotatable bonds is 7. The molecule has 2 aromatic rings. The van der Waals surface area contributed by atoms with Crippen LogP contribution in [-0.2, 0) is 19.3 Å². The third-order valence-corrected chi connectivity index (χ3v) is 3.96. The van der Waals surface area contributed by atoms with Crippen molar-refractivity contribution in [3.63, 3.8) is 0 Å². The fourth-order valence-corrected chi connectivity index (χ4v) is 2.56. The van der Waals surface area contributed by atoms with E-state index in [1.165, 1.54) is 5.56 Å². The number of nitrogens with one attached hydrogen (secondary N) is 1. The lowest BCUT2D eigenvalue weighted by atomic mass is 10.1. The number of nitrogens with zero attached hydrogens (tertiary/aromatic N) is 2. The van der Waals surface area contributed by atoms with Crippen LogP contribution in [0.4, 0.5) is 0 Å². The summed E-state index contributed by atoms with van der Waals surface area (Å²) in [4.78, 5) is 4.42. The van der Waals surface area contributed by atoms with Crippen LogP contribution in [0.1, 0.15) is 24.2 Å². The Hall–Kier alpha value is -1.40. The summed E-state index contributed by atoms with van der Waals surface area (Å²) in [5.74, 6) is 2.27. The molecule has 2 rings (SSSR count). The van der Waals surface area contributed by atoms with Crippen molar-refractivity contribution >= 4 is 15.9 Å². The quantitative estimate of drug-likeness (QED) is 0.829. The summed E-state index contributed by atoms with van der Waals surface area (Å²) in [6, 6.07) is 6.39. The van der Waals surface area contributed by atoms with E-state index in [9.17, 15) is 0 Å². The zero-order valence-electron chi connectivity index (χ0n) is 12.5. The fraction of sp³-hybridized carbons (Fsp3) is 0.467. The highest BCUT2D eigenvalue weighted by Gasteiger charge is 2.10. The molecule has 1 aromatic heterocycles. The Morgan fingerprint density at radius 1 is 1.38 bits per heavy atom. The number of likely N-dealkylation sites (N-methyl/N-ethyl adjacent to an activating group) is 1. The van der Waals surface area contributed by atoms with Crippen LogP contribution in [0.15, 0.2) is 27.2 Å². The molecule has 0 aliphatic heterocycles. The van der Waals surface area contributed by atoms with Gasteiger partial charge in [0.1, 0.15) is 5.75 Å². The summed E-state index contributed by atoms with van der Waals surface area (Å²) in [6.45, 7) is 2.09. The highest BCUT2D eigenvalue weighted by Crippen LogP contribution is 2.26. The normalized spacial score (nSPS) is 12.4. The van der Waals surface area contributed by atoms with Crippen molar-refractivity contribution in [2.75, 3.05) is 14.2 Å². The number of hydrogen-bond acceptors (Lipinski definition) is 5. The monoisotopic (exact) mass is 353 g/mol. The first-order valence-electron chi connectivity index (χ1n) is 6.93. The summed E-state index contributed by atoms with van der Waals surface area (Å²) in [5, 5.41) is 7.16. The van der Waals surface area contributed by atoms with Crippen LogP contribution in [0.3, 0.4) is 0 Å². The second kappa shape index (κ2) is 7.56. The Labute approximate surface area is 133 Å². The fourth-order valence-electron chi connectivity index (χ4n) is 1.97. The summed E-state index contributed by atoms with van der Waals surface area (Å²) < 4.78 is 11.5. The van der Waals surface area contributed by atoms with Crippen LogP contribution < -0.4 is 10.1 Å². The van der Waals surface area contributed by atoms with Gasteiger partial charge in [-0.25, -0.2) is 0 Å². The summed E-state index contributed by atoms with van der Waals surface area (Å²) in [6.07, 6.45) is 2.36. The minimum atomic E-state index is 0.341. The zero-order valence-corrected chi connectivity index (χ0v) is 14.1. The Morgan fingerprint density at radius 3 is 2.86 bits per heavy atom. The van der Waals surface area contributed by atoms with Crippen molar-refractivity contribution in [3.05, 3.63) is 40.0 Å². The molecule has 0 radical (unpaired) electrons. The first kappa shape index (κ1) is 16.0. The molecule has 21 heavy (non-hydrogen) atoms. The van der Waals surface area contributed by atoms with Crippen molar-refractivity contribution in [1.82, 2.24) is 15.5 Å². The van der Waals surface area contributed by atoms with Gasteiger partial charge in [0.25, 0.3) is 0 Å². The molecular formula is C15H20BrN3O2. The van der Waals surface area contributed by atoms with E-state index >= 15 is 0 Å². The van der Waals surface area contributed by atoms with Gasteiger partial charge in [0.2, 0.25) is 5.89 Å². The van der Waals surface area contributed by atoms with Crippen LogP contribution in [0.25, 0.3) is 0 Å². The maximum absolute atomic E-state index is 5.28. The number of aromatic nitrogens is 2. The van der Waals surface area contributed by atoms with E-state index in [1.807, 2.05) is 19.2 Å². The van der Waals surface area contributed by atoms with Crippen molar-refractivity contribution in [1.29, 1.82) is 0 Å². The van der Waals surface area contributed by atoms with Gasteiger partial charge in [0.05, 0.1) is 11.6 Å². The molecule has 1 N–H and O–H groups in total. The molecule has 1 unspecified atom stereocenters. The highest BCUT2D eigenvalue weighted by atomic mass is 79.9. The Bertz CT molecular complexity index is 586. The lowest BCUT2D eigenvalue weighted by molar-refractivity contribution is 0.371. The van der Waals surface area contributed by atoms with Gasteiger partial charge in [-0.15, -0.1) is 0 Å². The lowest BCUT2D eigenvalue weighted by Gasteiger charge is -2.05. The van der Waals surface area contributed by atoms with E-state index < -0.39 is 0 Å². The van der Waals surface area contributed by atoms with Gasteiger partial charge >= 0.3 is 0 Å². The number of methoxy groups -OCH3 is 1. The van der Waals surface area contributed by atoms with Gasteiger partial charge in [0.15, 0.2) is 5.82 Å². The third kappa shape index (κ3) is 4.54. The van der Waals surface area contributed by atoms with Crippen molar-refractivity contribution in [2.24, 2.45) is 0 Å². The van der Waals surface area contributed by atoms with Crippen molar-refractivity contribution in [2.45, 2.75) is 32.2 Å². The van der Waals surface area contributed by atoms with Gasteiger partial charge in [-0.1, -0.05) is 11.2 Å². The molecule has 0 saturated carbocycles. The SMILES string of the molecule is CNC(C)Cc1noc(CCc2ccc(OC)c(Br)c2)n1. The van der Waals surface area contributed by atoms with E-state index in [0.29, 0.717) is 11.9 Å². The number of aryl methyl sites for hydroxylation is 2. The van der Waals surface area contributed by atoms with Crippen LogP contribution in [0.2, 0.25) is 0 Å². The molecule has 0 spiro atoms. The predicted molar refractivity (Wildman–Crippen MR) is 84.6 cm³/mol. The summed E-state index contributed by atoms with van der Waals surface area (Å²) in [7, 11) is 3.58. The first-order valence-corrected chi connectivity index (χ1v) is 7.72. The summed E-state index contributed by atoms with van der Waals surface area (Å²) in [5.41, 5.74) is 1.20. The van der Waals surface area contributed by atoms with Crippen LogP contribution in [0.5, 0.6) is 5.75 Å². The highest BCUT2D eigenvalue weighted by molar-refractivity contribution is 9.10. The minimum Gasteiger partial charge on any atom is -0.496 e.